The summed E-state index contributed by atoms with van der Waals surface area (Å²) in [6.07, 6.45) is -4.93. The maximum Gasteiger partial charge on any atom is 0.421 e. The lowest BCUT2D eigenvalue weighted by Crippen LogP contribution is -2.21. The van der Waals surface area contributed by atoms with E-state index < -0.39 is 48.6 Å². The Morgan fingerprint density at radius 3 is 2.47 bits per heavy atom. The fourth-order valence-corrected chi connectivity index (χ4v) is 3.82. The molecule has 36 heavy (non-hydrogen) atoms. The van der Waals surface area contributed by atoms with Crippen molar-refractivity contribution in [2.24, 2.45) is 0 Å². The first-order valence-corrected chi connectivity index (χ1v) is 11.8. The van der Waals surface area contributed by atoms with E-state index >= 15 is 0 Å². The zero-order valence-electron chi connectivity index (χ0n) is 18.7. The smallest absolute Gasteiger partial charge is 0.421 e. The number of ether oxygens (including phenoxy) is 1. The van der Waals surface area contributed by atoms with Gasteiger partial charge in [-0.2, -0.15) is 18.2 Å². The topological polar surface area (TPSA) is 146 Å². The van der Waals surface area contributed by atoms with Gasteiger partial charge >= 0.3 is 13.8 Å². The number of hydrogen-bond acceptors (Lipinski definition) is 7. The quantitative estimate of drug-likeness (QED) is 0.214. The maximum absolute atomic E-state index is 14.3. The third kappa shape index (κ3) is 6.47. The minimum atomic E-state index is -4.89. The highest BCUT2D eigenvalue weighted by Crippen LogP contribution is 2.41. The second-order valence-electron chi connectivity index (χ2n) is 7.30. The lowest BCUT2D eigenvalue weighted by molar-refractivity contribution is -0.137. The summed E-state index contributed by atoms with van der Waals surface area (Å²) >= 11 is 0. The number of hydrogen-bond donors (Lipinski definition) is 5. The Hall–Kier alpha value is -3.74. The normalized spacial score (nSPS) is 11.7. The second-order valence-corrected chi connectivity index (χ2v) is 8.95. The Bertz CT molecular complexity index is 1330. The number of methoxy groups -OCH3 is 1. The lowest BCUT2D eigenvalue weighted by atomic mass is 10.1. The summed E-state index contributed by atoms with van der Waals surface area (Å²) < 4.78 is 71.6. The number of aromatic nitrogens is 2. The number of halogens is 4. The Labute approximate surface area is 201 Å². The number of benzene rings is 2. The van der Waals surface area contributed by atoms with Crippen LogP contribution in [0.3, 0.4) is 0 Å². The highest BCUT2D eigenvalue weighted by Gasteiger charge is 2.36. The van der Waals surface area contributed by atoms with Crippen LogP contribution in [0.2, 0.25) is 0 Å². The number of nitrogens with one attached hydrogen (secondary N) is 3. The Kier molecular flexibility index (Phi) is 7.82. The molecule has 0 aliphatic carbocycles. The van der Waals surface area contributed by atoms with Crippen LogP contribution < -0.4 is 20.7 Å². The summed E-state index contributed by atoms with van der Waals surface area (Å²) in [5, 5.41) is 7.26. The van der Waals surface area contributed by atoms with Crippen molar-refractivity contribution in [1.29, 1.82) is 0 Å². The fourth-order valence-electron chi connectivity index (χ4n) is 3.15. The van der Waals surface area contributed by atoms with Crippen LogP contribution in [0, 0.1) is 5.82 Å². The number of alkyl halides is 3. The minimum absolute atomic E-state index is 0.117. The standard InChI is InChI=1S/C21H20F4N5O5P/c1-26-19(31)17-13(22)4-3-5-15(17)28-18-12(21(23,24)25)9-27-20(30-18)29-14-7-6-11(8-16(14)35-2)10-36(32,33)34/h3-9H,10H2,1-2H3,(H,26,31)(H2,32,33,34)(H2,27,28,29,30). The Morgan fingerprint density at radius 2 is 1.86 bits per heavy atom. The van der Waals surface area contributed by atoms with E-state index in [9.17, 15) is 26.9 Å². The highest BCUT2D eigenvalue weighted by atomic mass is 31.2. The van der Waals surface area contributed by atoms with Gasteiger partial charge in [-0.05, 0) is 29.8 Å². The van der Waals surface area contributed by atoms with Crippen LogP contribution >= 0.6 is 7.60 Å². The van der Waals surface area contributed by atoms with Crippen LogP contribution in [-0.4, -0.2) is 39.8 Å². The van der Waals surface area contributed by atoms with Gasteiger partial charge in [0.05, 0.1) is 30.2 Å². The molecule has 3 rings (SSSR count). The van der Waals surface area contributed by atoms with Crippen molar-refractivity contribution in [2.75, 3.05) is 24.8 Å². The highest BCUT2D eigenvalue weighted by molar-refractivity contribution is 7.50. The first kappa shape index (κ1) is 26.9. The van der Waals surface area contributed by atoms with Gasteiger partial charge in [-0.15, -0.1) is 0 Å². The molecule has 1 aromatic heterocycles. The third-order valence-electron chi connectivity index (χ3n) is 4.72. The molecule has 0 aliphatic rings. The van der Waals surface area contributed by atoms with Crippen molar-refractivity contribution in [2.45, 2.75) is 12.3 Å². The van der Waals surface area contributed by atoms with Gasteiger partial charge < -0.3 is 30.5 Å². The molecule has 0 saturated heterocycles. The Balaban J connectivity index is 2.02. The van der Waals surface area contributed by atoms with Gasteiger partial charge in [0.2, 0.25) is 5.95 Å². The average Bonchev–Trinajstić information content (AvgIpc) is 2.78. The molecule has 2 aromatic carbocycles. The van der Waals surface area contributed by atoms with Gasteiger partial charge in [0.15, 0.2) is 0 Å². The summed E-state index contributed by atoms with van der Waals surface area (Å²) in [4.78, 5) is 37.9. The molecular formula is C21H20F4N5O5P. The zero-order valence-corrected chi connectivity index (χ0v) is 19.6. The predicted molar refractivity (Wildman–Crippen MR) is 122 cm³/mol. The van der Waals surface area contributed by atoms with E-state index in [1.807, 2.05) is 0 Å². The minimum Gasteiger partial charge on any atom is -0.495 e. The molecule has 15 heteroatoms. The van der Waals surface area contributed by atoms with Crippen LogP contribution in [0.1, 0.15) is 21.5 Å². The number of nitrogens with zero attached hydrogens (tertiary/aromatic N) is 2. The van der Waals surface area contributed by atoms with Crippen molar-refractivity contribution >= 4 is 36.6 Å². The summed E-state index contributed by atoms with van der Waals surface area (Å²) in [7, 11) is -1.82. The van der Waals surface area contributed by atoms with Gasteiger partial charge in [0, 0.05) is 13.2 Å². The van der Waals surface area contributed by atoms with Crippen LogP contribution in [0.25, 0.3) is 0 Å². The van der Waals surface area contributed by atoms with Crippen LogP contribution in [0.4, 0.5) is 40.7 Å². The van der Waals surface area contributed by atoms with E-state index in [0.717, 1.165) is 6.07 Å². The predicted octanol–water partition coefficient (Wildman–Crippen LogP) is 4.17. The SMILES string of the molecule is CNC(=O)c1c(F)cccc1Nc1nc(Nc2ccc(CP(=O)(O)O)cc2OC)ncc1C(F)(F)F. The first-order chi connectivity index (χ1) is 16.8. The van der Waals surface area contributed by atoms with Crippen molar-refractivity contribution in [3.63, 3.8) is 0 Å². The largest absolute Gasteiger partial charge is 0.495 e. The molecule has 3 aromatic rings. The molecule has 0 atom stereocenters. The number of rotatable bonds is 8. The third-order valence-corrected chi connectivity index (χ3v) is 5.49. The number of carbonyl (C=O) groups excluding carboxylic acids is 1. The monoisotopic (exact) mass is 529 g/mol. The fraction of sp³-hybridized carbons (Fsp3) is 0.190. The molecule has 0 unspecified atom stereocenters. The van der Waals surface area contributed by atoms with E-state index in [4.69, 9.17) is 14.5 Å². The lowest BCUT2D eigenvalue weighted by Gasteiger charge is -2.17. The van der Waals surface area contributed by atoms with E-state index in [1.54, 1.807) is 0 Å². The molecule has 1 amide bonds. The van der Waals surface area contributed by atoms with E-state index in [0.29, 0.717) is 6.20 Å². The van der Waals surface area contributed by atoms with Crippen molar-refractivity contribution < 1.29 is 41.4 Å². The van der Waals surface area contributed by atoms with Crippen molar-refractivity contribution in [3.8, 4) is 5.75 Å². The van der Waals surface area contributed by atoms with E-state index in [1.165, 1.54) is 44.5 Å². The molecule has 0 spiro atoms. The molecule has 5 N–H and O–H groups in total. The number of anilines is 4. The summed E-state index contributed by atoms with van der Waals surface area (Å²) in [5.41, 5.74) is -1.60. The van der Waals surface area contributed by atoms with Crippen LogP contribution in [-0.2, 0) is 16.9 Å². The van der Waals surface area contributed by atoms with E-state index in [2.05, 4.69) is 25.9 Å². The van der Waals surface area contributed by atoms with Gasteiger partial charge in [-0.25, -0.2) is 9.37 Å². The average molecular weight is 529 g/mol. The molecule has 0 radical (unpaired) electrons. The van der Waals surface area contributed by atoms with Gasteiger partial charge in [0.1, 0.15) is 22.9 Å². The van der Waals surface area contributed by atoms with Gasteiger partial charge in [-0.1, -0.05) is 12.1 Å². The summed E-state index contributed by atoms with van der Waals surface area (Å²) in [6.45, 7) is 0. The van der Waals surface area contributed by atoms with Crippen molar-refractivity contribution in [1.82, 2.24) is 15.3 Å². The molecule has 1 heterocycles. The zero-order chi connectivity index (χ0) is 26.7. The van der Waals surface area contributed by atoms with Crippen LogP contribution in [0.15, 0.2) is 42.6 Å². The maximum atomic E-state index is 14.3. The molecular weight excluding hydrogens is 509 g/mol. The van der Waals surface area contributed by atoms with Crippen LogP contribution in [0.5, 0.6) is 5.75 Å². The molecule has 0 saturated carbocycles. The molecule has 0 aliphatic heterocycles. The van der Waals surface area contributed by atoms with Gasteiger partial charge in [-0.3, -0.25) is 9.36 Å². The molecule has 0 bridgehead atoms. The summed E-state index contributed by atoms with van der Waals surface area (Å²) in [5.74, 6) is -2.78. The molecule has 10 nitrogen and oxygen atoms in total. The number of carbonyl (C=O) groups is 1. The van der Waals surface area contributed by atoms with Gasteiger partial charge in [0.25, 0.3) is 5.91 Å². The Morgan fingerprint density at radius 1 is 1.14 bits per heavy atom. The van der Waals surface area contributed by atoms with E-state index in [-0.39, 0.29) is 28.6 Å². The summed E-state index contributed by atoms with van der Waals surface area (Å²) in [6, 6.07) is 7.51. The van der Waals surface area contributed by atoms with Crippen molar-refractivity contribution in [3.05, 3.63) is 65.1 Å². The molecule has 0 fully saturated rings. The molecule has 192 valence electrons. The second kappa shape index (κ2) is 10.5. The number of amides is 1. The first-order valence-electron chi connectivity index (χ1n) is 10.0.